The van der Waals surface area contributed by atoms with Crippen LogP contribution in [-0.4, -0.2) is 6.54 Å². The minimum absolute atomic E-state index is 0.845. The number of rotatable bonds is 1. The van der Waals surface area contributed by atoms with Crippen molar-refractivity contribution in [3.63, 3.8) is 0 Å². The van der Waals surface area contributed by atoms with Crippen LogP contribution < -0.4 is 4.90 Å². The lowest BCUT2D eigenvalue weighted by Gasteiger charge is -2.26. The van der Waals surface area contributed by atoms with E-state index >= 15 is 0 Å². The number of aryl methyl sites for hydroxylation is 1. The summed E-state index contributed by atoms with van der Waals surface area (Å²) < 4.78 is 0. The van der Waals surface area contributed by atoms with Crippen molar-refractivity contribution >= 4 is 16.9 Å². The van der Waals surface area contributed by atoms with Gasteiger partial charge in [0, 0.05) is 23.5 Å². The van der Waals surface area contributed by atoms with Crippen molar-refractivity contribution in [2.24, 2.45) is 0 Å². The molecule has 104 valence electrons. The second-order valence-electron chi connectivity index (χ2n) is 5.28. The highest BCUT2D eigenvalue weighted by molar-refractivity contribution is 5.84. The van der Waals surface area contributed by atoms with E-state index in [1.807, 2.05) is 6.07 Å². The predicted molar refractivity (Wildman–Crippen MR) is 91.9 cm³/mol. The Balaban J connectivity index is 2.17. The summed E-state index contributed by atoms with van der Waals surface area (Å²) in [5.74, 6) is 0. The minimum atomic E-state index is 0.845. The molecule has 0 unspecified atom stereocenters. The van der Waals surface area contributed by atoms with Crippen molar-refractivity contribution < 1.29 is 0 Å². The van der Waals surface area contributed by atoms with Crippen LogP contribution in [0.25, 0.3) is 5.57 Å². The molecular formula is C20H19N. The molecule has 0 amide bonds. The third kappa shape index (κ3) is 2.82. The number of benzene rings is 2. The van der Waals surface area contributed by atoms with Gasteiger partial charge in [0.2, 0.25) is 0 Å². The Labute approximate surface area is 126 Å². The summed E-state index contributed by atoms with van der Waals surface area (Å²) >= 11 is 0. The van der Waals surface area contributed by atoms with E-state index in [9.17, 15) is 0 Å². The topological polar surface area (TPSA) is 3.24 Å². The van der Waals surface area contributed by atoms with Crippen LogP contribution in [0.3, 0.4) is 0 Å². The van der Waals surface area contributed by atoms with Gasteiger partial charge in [0.05, 0.1) is 0 Å². The Bertz CT molecular complexity index is 708. The summed E-state index contributed by atoms with van der Waals surface area (Å²) in [7, 11) is 0. The fraction of sp³-hybridized carbons (Fsp3) is 0.100. The van der Waals surface area contributed by atoms with Gasteiger partial charge in [-0.05, 0) is 36.8 Å². The standard InChI is InChI=1S/C20H19N/c1-16-12-13-20-19(15-16)17(2)9-5-4-8-14-21(20)18-10-6-3-7-11-18/h3-13,15H,2,14H2,1H3/b8-4-,9-5-. The maximum Gasteiger partial charge on any atom is 0.0493 e. The van der Waals surface area contributed by atoms with Crippen LogP contribution in [-0.2, 0) is 0 Å². The van der Waals surface area contributed by atoms with Gasteiger partial charge in [-0.15, -0.1) is 0 Å². The van der Waals surface area contributed by atoms with Crippen molar-refractivity contribution in [3.8, 4) is 0 Å². The molecule has 2 aromatic carbocycles. The van der Waals surface area contributed by atoms with Gasteiger partial charge in [0.1, 0.15) is 0 Å². The third-order valence-corrected chi connectivity index (χ3v) is 3.69. The van der Waals surface area contributed by atoms with Gasteiger partial charge in [-0.2, -0.15) is 0 Å². The SMILES string of the molecule is C=C1/C=C\C=C/CN(c2ccccc2)c2ccc(C)cc21. The highest BCUT2D eigenvalue weighted by Gasteiger charge is 2.14. The van der Waals surface area contributed by atoms with E-state index in [2.05, 4.69) is 85.2 Å². The van der Waals surface area contributed by atoms with Gasteiger partial charge in [-0.3, -0.25) is 0 Å². The van der Waals surface area contributed by atoms with Crippen LogP contribution in [0, 0.1) is 6.92 Å². The zero-order valence-electron chi connectivity index (χ0n) is 12.3. The average Bonchev–Trinajstić information content (AvgIpc) is 2.58. The number of hydrogen-bond donors (Lipinski definition) is 0. The number of allylic oxidation sites excluding steroid dienone is 4. The second-order valence-corrected chi connectivity index (χ2v) is 5.28. The number of hydrogen-bond acceptors (Lipinski definition) is 1. The summed E-state index contributed by atoms with van der Waals surface area (Å²) in [6.07, 6.45) is 8.39. The van der Waals surface area contributed by atoms with Crippen molar-refractivity contribution in [2.75, 3.05) is 11.4 Å². The molecule has 2 aromatic rings. The van der Waals surface area contributed by atoms with E-state index in [0.717, 1.165) is 12.1 Å². The van der Waals surface area contributed by atoms with E-state index in [1.54, 1.807) is 0 Å². The van der Waals surface area contributed by atoms with Crippen molar-refractivity contribution in [2.45, 2.75) is 6.92 Å². The van der Waals surface area contributed by atoms with Crippen molar-refractivity contribution in [3.05, 3.63) is 90.5 Å². The lowest BCUT2D eigenvalue weighted by molar-refractivity contribution is 1.09. The molecule has 1 nitrogen and oxygen atoms in total. The highest BCUT2D eigenvalue weighted by atomic mass is 15.1. The smallest absolute Gasteiger partial charge is 0.0493 e. The monoisotopic (exact) mass is 273 g/mol. The number of nitrogens with zero attached hydrogens (tertiary/aromatic N) is 1. The molecule has 21 heavy (non-hydrogen) atoms. The molecule has 3 rings (SSSR count). The van der Waals surface area contributed by atoms with Gasteiger partial charge in [-0.1, -0.05) is 60.7 Å². The Kier molecular flexibility index (Phi) is 3.74. The molecule has 1 aliphatic rings. The molecule has 1 heterocycles. The molecule has 1 aliphatic heterocycles. The molecule has 0 fully saturated rings. The van der Waals surface area contributed by atoms with Crippen LogP contribution >= 0.6 is 0 Å². The van der Waals surface area contributed by atoms with E-state index in [-0.39, 0.29) is 0 Å². The first-order valence-corrected chi connectivity index (χ1v) is 7.21. The van der Waals surface area contributed by atoms with Crippen LogP contribution in [0.15, 0.2) is 79.4 Å². The molecule has 0 bridgehead atoms. The maximum absolute atomic E-state index is 4.22. The number of para-hydroxylation sites is 1. The molecule has 0 saturated carbocycles. The van der Waals surface area contributed by atoms with Gasteiger partial charge in [0.25, 0.3) is 0 Å². The lowest BCUT2D eigenvalue weighted by Crippen LogP contribution is -2.18. The zero-order chi connectivity index (χ0) is 14.7. The quantitative estimate of drug-likeness (QED) is 0.684. The van der Waals surface area contributed by atoms with Crippen LogP contribution in [0.5, 0.6) is 0 Å². The predicted octanol–water partition coefficient (Wildman–Crippen LogP) is 5.27. The Hall–Kier alpha value is -2.54. The maximum atomic E-state index is 4.22. The summed E-state index contributed by atoms with van der Waals surface area (Å²) in [5, 5.41) is 0. The van der Waals surface area contributed by atoms with E-state index in [1.165, 1.54) is 22.5 Å². The largest absolute Gasteiger partial charge is 0.337 e. The number of fused-ring (bicyclic) bond motifs is 1. The zero-order valence-corrected chi connectivity index (χ0v) is 12.3. The van der Waals surface area contributed by atoms with E-state index in [0.29, 0.717) is 0 Å². The van der Waals surface area contributed by atoms with Gasteiger partial charge in [0.15, 0.2) is 0 Å². The molecule has 0 atom stereocenters. The average molecular weight is 273 g/mol. The van der Waals surface area contributed by atoms with Gasteiger partial charge in [-0.25, -0.2) is 0 Å². The second kappa shape index (κ2) is 5.84. The van der Waals surface area contributed by atoms with Crippen molar-refractivity contribution in [1.82, 2.24) is 0 Å². The van der Waals surface area contributed by atoms with Gasteiger partial charge < -0.3 is 4.90 Å². The molecular weight excluding hydrogens is 254 g/mol. The van der Waals surface area contributed by atoms with Crippen LogP contribution in [0.1, 0.15) is 11.1 Å². The van der Waals surface area contributed by atoms with Crippen LogP contribution in [0.2, 0.25) is 0 Å². The Morgan fingerprint density at radius 3 is 2.62 bits per heavy atom. The molecule has 1 heteroatoms. The van der Waals surface area contributed by atoms with Gasteiger partial charge >= 0.3 is 0 Å². The van der Waals surface area contributed by atoms with E-state index in [4.69, 9.17) is 0 Å². The Morgan fingerprint density at radius 2 is 1.81 bits per heavy atom. The fourth-order valence-corrected chi connectivity index (χ4v) is 2.60. The summed E-state index contributed by atoms with van der Waals surface area (Å²) in [5.41, 5.74) is 5.89. The lowest BCUT2D eigenvalue weighted by atomic mass is 10.0. The first-order valence-electron chi connectivity index (χ1n) is 7.21. The highest BCUT2D eigenvalue weighted by Crippen LogP contribution is 2.33. The molecule has 0 aromatic heterocycles. The summed E-state index contributed by atoms with van der Waals surface area (Å²) in [6, 6.07) is 17.1. The first-order chi connectivity index (χ1) is 10.3. The minimum Gasteiger partial charge on any atom is -0.337 e. The molecule has 0 radical (unpaired) electrons. The Morgan fingerprint density at radius 1 is 1.00 bits per heavy atom. The summed E-state index contributed by atoms with van der Waals surface area (Å²) in [4.78, 5) is 2.32. The van der Waals surface area contributed by atoms with Crippen LogP contribution in [0.4, 0.5) is 11.4 Å². The molecule has 0 N–H and O–H groups in total. The molecule has 0 aliphatic carbocycles. The third-order valence-electron chi connectivity index (χ3n) is 3.69. The fourth-order valence-electron chi connectivity index (χ4n) is 2.60. The normalized spacial score (nSPS) is 17.4. The summed E-state index contributed by atoms with van der Waals surface area (Å²) in [6.45, 7) is 7.19. The van der Waals surface area contributed by atoms with E-state index < -0.39 is 0 Å². The first kappa shape index (κ1) is 13.4. The number of anilines is 2. The molecule has 0 saturated heterocycles. The molecule has 0 spiro atoms. The van der Waals surface area contributed by atoms with Crippen molar-refractivity contribution in [1.29, 1.82) is 0 Å².